The van der Waals surface area contributed by atoms with Gasteiger partial charge in [0.1, 0.15) is 12.4 Å². The number of benzene rings is 2. The van der Waals surface area contributed by atoms with Crippen molar-refractivity contribution < 1.29 is 40.6 Å². The first kappa shape index (κ1) is 29.2. The number of hydrogen-bond donors (Lipinski definition) is 0. The topological polar surface area (TPSA) is 27.7 Å². The first-order chi connectivity index (χ1) is 19.0. The third kappa shape index (κ3) is 6.15. The molecule has 9 heteroatoms. The van der Waals surface area contributed by atoms with E-state index in [0.29, 0.717) is 24.4 Å². The highest BCUT2D eigenvalue weighted by Gasteiger charge is 2.58. The maximum atomic E-state index is 12.7. The van der Waals surface area contributed by atoms with E-state index in [4.69, 9.17) is 9.47 Å². The Hall–Kier alpha value is -2.26. The molecule has 0 radical (unpaired) electrons. The predicted octanol–water partition coefficient (Wildman–Crippen LogP) is 8.41. The molecular weight excluding hydrogens is 534 g/mol. The second-order valence-corrected chi connectivity index (χ2v) is 11.7. The van der Waals surface area contributed by atoms with Gasteiger partial charge in [0, 0.05) is 13.2 Å². The van der Waals surface area contributed by atoms with Gasteiger partial charge in [-0.05, 0) is 96.9 Å². The molecule has 40 heavy (non-hydrogen) atoms. The van der Waals surface area contributed by atoms with Crippen LogP contribution in [0.5, 0.6) is 5.75 Å². The molecule has 0 bridgehead atoms. The van der Waals surface area contributed by atoms with Gasteiger partial charge in [0.15, 0.2) is 0 Å². The fourth-order valence-electron chi connectivity index (χ4n) is 7.48. The van der Waals surface area contributed by atoms with Gasteiger partial charge in [-0.2, -0.15) is 26.3 Å². The average Bonchev–Trinajstić information content (AvgIpc) is 3.24. The number of fused-ring (bicyclic) bond motifs is 5. The van der Waals surface area contributed by atoms with E-state index < -0.39 is 25.1 Å². The second kappa shape index (κ2) is 11.6. The minimum Gasteiger partial charge on any atom is -0.489 e. The summed E-state index contributed by atoms with van der Waals surface area (Å²) >= 11 is 0. The molecule has 2 aromatic carbocycles. The Bertz CT molecular complexity index is 1120. The summed E-state index contributed by atoms with van der Waals surface area (Å²) in [6.45, 7) is 2.21. The molecule has 0 aliphatic heterocycles. The van der Waals surface area contributed by atoms with E-state index in [1.54, 1.807) is 0 Å². The van der Waals surface area contributed by atoms with Crippen LogP contribution in [0.15, 0.2) is 48.5 Å². The van der Waals surface area contributed by atoms with Crippen LogP contribution in [0.3, 0.4) is 0 Å². The van der Waals surface area contributed by atoms with Gasteiger partial charge in [0.2, 0.25) is 6.10 Å². The number of aryl methyl sites for hydroxylation is 1. The fraction of sp³-hybridized carbons (Fsp3) is 0.613. The van der Waals surface area contributed by atoms with Gasteiger partial charge in [0.05, 0.1) is 6.10 Å². The van der Waals surface area contributed by atoms with E-state index in [1.807, 2.05) is 30.3 Å². The highest BCUT2D eigenvalue weighted by atomic mass is 19.4. The summed E-state index contributed by atoms with van der Waals surface area (Å²) < 4.78 is 92.4. The Balaban J connectivity index is 1.14. The summed E-state index contributed by atoms with van der Waals surface area (Å²) in [4.78, 5) is 0. The summed E-state index contributed by atoms with van der Waals surface area (Å²) in [7, 11) is 0. The standard InChI is InChI=1S/C31H36F6O3/c1-29-15-14-24-23-11-9-22(40-19-20-6-3-2-4-7-20)18-21(23)8-10-25(24)26(29)12-13-27(29)38-16-5-17-39-28(30(32,33)34)31(35,36)37/h2-4,6-7,9,11,18,24-28H,5,8,10,12-17,19H2,1H3. The van der Waals surface area contributed by atoms with Crippen LogP contribution in [0.1, 0.15) is 68.1 Å². The predicted molar refractivity (Wildman–Crippen MR) is 138 cm³/mol. The zero-order chi connectivity index (χ0) is 28.5. The van der Waals surface area contributed by atoms with Crippen molar-refractivity contribution in [1.29, 1.82) is 0 Å². The van der Waals surface area contributed by atoms with Gasteiger partial charge in [0.25, 0.3) is 0 Å². The van der Waals surface area contributed by atoms with Crippen LogP contribution in [-0.2, 0) is 22.5 Å². The zero-order valence-electron chi connectivity index (χ0n) is 22.6. The van der Waals surface area contributed by atoms with Crippen molar-refractivity contribution in [2.75, 3.05) is 13.2 Å². The fourth-order valence-corrected chi connectivity index (χ4v) is 7.48. The normalized spacial score (nSPS) is 28.2. The summed E-state index contributed by atoms with van der Waals surface area (Å²) in [6.07, 6.45) is -8.81. The highest BCUT2D eigenvalue weighted by molar-refractivity contribution is 5.41. The molecule has 220 valence electrons. The summed E-state index contributed by atoms with van der Waals surface area (Å²) in [5.41, 5.74) is 3.86. The second-order valence-electron chi connectivity index (χ2n) is 11.7. The molecule has 2 saturated carbocycles. The van der Waals surface area contributed by atoms with Crippen molar-refractivity contribution in [3.8, 4) is 5.75 Å². The summed E-state index contributed by atoms with van der Waals surface area (Å²) in [5.74, 6) is 2.39. The third-order valence-electron chi connectivity index (χ3n) is 9.35. The van der Waals surface area contributed by atoms with Crippen molar-refractivity contribution in [3.63, 3.8) is 0 Å². The number of alkyl halides is 6. The van der Waals surface area contributed by atoms with Crippen molar-refractivity contribution >= 4 is 0 Å². The number of ether oxygens (including phenoxy) is 3. The van der Waals surface area contributed by atoms with E-state index in [2.05, 4.69) is 29.9 Å². The monoisotopic (exact) mass is 570 g/mol. The van der Waals surface area contributed by atoms with E-state index in [0.717, 1.165) is 49.8 Å². The van der Waals surface area contributed by atoms with Gasteiger partial charge in [-0.3, -0.25) is 0 Å². The maximum absolute atomic E-state index is 12.7. The summed E-state index contributed by atoms with van der Waals surface area (Å²) in [6, 6.07) is 16.6. The minimum absolute atomic E-state index is 0.0198. The molecule has 0 spiro atoms. The first-order valence-electron chi connectivity index (χ1n) is 14.1. The molecule has 5 atom stereocenters. The molecule has 2 fully saturated rings. The van der Waals surface area contributed by atoms with Crippen LogP contribution < -0.4 is 4.74 Å². The van der Waals surface area contributed by atoms with Gasteiger partial charge < -0.3 is 14.2 Å². The quantitative estimate of drug-likeness (QED) is 0.224. The molecule has 0 amide bonds. The van der Waals surface area contributed by atoms with Crippen LogP contribution in [0.2, 0.25) is 0 Å². The lowest BCUT2D eigenvalue weighted by Crippen LogP contribution is -2.45. The Morgan fingerprint density at radius 3 is 2.38 bits per heavy atom. The SMILES string of the molecule is CC12CCC3c4ccc(OCc5ccccc5)cc4CCC3C1CCC2OCCCOC(C(F)(F)F)C(F)(F)F. The zero-order valence-corrected chi connectivity index (χ0v) is 22.6. The van der Waals surface area contributed by atoms with Crippen LogP contribution in [0, 0.1) is 17.3 Å². The van der Waals surface area contributed by atoms with Crippen LogP contribution in [-0.4, -0.2) is 37.8 Å². The molecule has 0 N–H and O–H groups in total. The van der Waals surface area contributed by atoms with E-state index >= 15 is 0 Å². The van der Waals surface area contributed by atoms with Gasteiger partial charge in [-0.15, -0.1) is 0 Å². The molecule has 2 aromatic rings. The van der Waals surface area contributed by atoms with Crippen molar-refractivity contribution in [2.24, 2.45) is 17.3 Å². The Morgan fingerprint density at radius 1 is 0.900 bits per heavy atom. The summed E-state index contributed by atoms with van der Waals surface area (Å²) in [5, 5.41) is 0. The largest absolute Gasteiger partial charge is 0.489 e. The molecular formula is C31H36F6O3. The van der Waals surface area contributed by atoms with Gasteiger partial charge >= 0.3 is 12.4 Å². The van der Waals surface area contributed by atoms with Crippen molar-refractivity contribution in [3.05, 3.63) is 65.2 Å². The Labute approximate surface area is 231 Å². The molecule has 3 nitrogen and oxygen atoms in total. The molecule has 3 aliphatic rings. The molecule has 0 aromatic heterocycles. The van der Waals surface area contributed by atoms with Crippen LogP contribution >= 0.6 is 0 Å². The average molecular weight is 571 g/mol. The Kier molecular flexibility index (Phi) is 8.44. The lowest BCUT2D eigenvalue weighted by Gasteiger charge is -2.50. The molecule has 0 heterocycles. The molecule has 5 unspecified atom stereocenters. The van der Waals surface area contributed by atoms with E-state index in [-0.39, 0.29) is 24.5 Å². The third-order valence-corrected chi connectivity index (χ3v) is 9.35. The van der Waals surface area contributed by atoms with Crippen molar-refractivity contribution in [2.45, 2.75) is 89.0 Å². The number of hydrogen-bond acceptors (Lipinski definition) is 3. The van der Waals surface area contributed by atoms with Gasteiger partial charge in [-0.25, -0.2) is 0 Å². The Morgan fingerprint density at radius 2 is 1.65 bits per heavy atom. The number of rotatable bonds is 9. The highest BCUT2D eigenvalue weighted by Crippen LogP contribution is 2.61. The van der Waals surface area contributed by atoms with E-state index in [1.165, 1.54) is 11.1 Å². The van der Waals surface area contributed by atoms with E-state index in [9.17, 15) is 26.3 Å². The van der Waals surface area contributed by atoms with Gasteiger partial charge in [-0.1, -0.05) is 43.3 Å². The van der Waals surface area contributed by atoms with Crippen molar-refractivity contribution in [1.82, 2.24) is 0 Å². The maximum Gasteiger partial charge on any atom is 0.423 e. The first-order valence-corrected chi connectivity index (χ1v) is 14.1. The lowest BCUT2D eigenvalue weighted by molar-refractivity contribution is -0.322. The van der Waals surface area contributed by atoms with Crippen LogP contribution in [0.25, 0.3) is 0 Å². The smallest absolute Gasteiger partial charge is 0.423 e. The lowest BCUT2D eigenvalue weighted by atomic mass is 9.55. The molecule has 0 saturated heterocycles. The molecule has 5 rings (SSSR count). The molecule has 3 aliphatic carbocycles. The minimum atomic E-state index is -5.49. The number of halogens is 6. The van der Waals surface area contributed by atoms with Crippen LogP contribution in [0.4, 0.5) is 26.3 Å².